The van der Waals surface area contributed by atoms with Crippen LogP contribution in [0.25, 0.3) is 10.9 Å². The van der Waals surface area contributed by atoms with Gasteiger partial charge in [0.15, 0.2) is 5.78 Å². The molecule has 4 aromatic rings. The lowest BCUT2D eigenvalue weighted by Gasteiger charge is -2.18. The monoisotopic (exact) mass is 379 g/mol. The molecule has 4 heteroatoms. The largest absolute Gasteiger partial charge is 0.360 e. The average molecular weight is 379 g/mol. The van der Waals surface area contributed by atoms with Gasteiger partial charge in [0.25, 0.3) is 0 Å². The first-order valence-corrected chi connectivity index (χ1v) is 9.64. The standard InChI is InChI=1S/C25H21N3O/c26-16-19-12-10-18(11-13-19)14-15-27-24(20-6-2-1-3-7-20)25(29)22-17-28-23-9-5-4-8-21(22)23/h1-13,17,24,27-28H,14-15H2/t24-/m1/s1. The van der Waals surface area contributed by atoms with E-state index in [1.54, 1.807) is 6.20 Å². The first kappa shape index (κ1) is 18.7. The van der Waals surface area contributed by atoms with Crippen LogP contribution in [0.4, 0.5) is 0 Å². The molecule has 0 saturated heterocycles. The van der Waals surface area contributed by atoms with Crippen LogP contribution in [0, 0.1) is 11.3 Å². The van der Waals surface area contributed by atoms with Crippen LogP contribution in [-0.2, 0) is 6.42 Å². The second-order valence-electron chi connectivity index (χ2n) is 6.97. The third kappa shape index (κ3) is 4.11. The number of nitriles is 1. The van der Waals surface area contributed by atoms with Crippen molar-refractivity contribution in [1.29, 1.82) is 5.26 Å². The number of aromatic amines is 1. The molecule has 2 N–H and O–H groups in total. The molecular formula is C25H21N3O. The molecule has 0 amide bonds. The number of fused-ring (bicyclic) bond motifs is 1. The van der Waals surface area contributed by atoms with Crippen molar-refractivity contribution in [3.05, 3.63) is 107 Å². The molecule has 29 heavy (non-hydrogen) atoms. The molecule has 0 bridgehead atoms. The molecule has 1 heterocycles. The van der Waals surface area contributed by atoms with Gasteiger partial charge in [0.2, 0.25) is 0 Å². The van der Waals surface area contributed by atoms with E-state index in [0.29, 0.717) is 17.7 Å². The van der Waals surface area contributed by atoms with Gasteiger partial charge in [0.1, 0.15) is 0 Å². The van der Waals surface area contributed by atoms with E-state index in [4.69, 9.17) is 5.26 Å². The quantitative estimate of drug-likeness (QED) is 0.453. The smallest absolute Gasteiger partial charge is 0.186 e. The maximum Gasteiger partial charge on any atom is 0.186 e. The summed E-state index contributed by atoms with van der Waals surface area (Å²) in [6, 6.07) is 26.9. The summed E-state index contributed by atoms with van der Waals surface area (Å²) in [6.45, 7) is 0.652. The molecule has 1 aromatic heterocycles. The Morgan fingerprint density at radius 3 is 2.45 bits per heavy atom. The maximum atomic E-state index is 13.4. The zero-order valence-electron chi connectivity index (χ0n) is 15.9. The summed E-state index contributed by atoms with van der Waals surface area (Å²) in [5, 5.41) is 13.3. The summed E-state index contributed by atoms with van der Waals surface area (Å²) in [5.41, 5.74) is 4.38. The van der Waals surface area contributed by atoms with E-state index in [-0.39, 0.29) is 5.78 Å². The molecule has 0 aliphatic rings. The third-order valence-electron chi connectivity index (χ3n) is 5.09. The molecule has 0 aliphatic heterocycles. The van der Waals surface area contributed by atoms with Crippen LogP contribution in [0.5, 0.6) is 0 Å². The van der Waals surface area contributed by atoms with Gasteiger partial charge in [0, 0.05) is 29.2 Å². The first-order valence-electron chi connectivity index (χ1n) is 9.64. The van der Waals surface area contributed by atoms with Crippen molar-refractivity contribution in [3.8, 4) is 6.07 Å². The highest BCUT2D eigenvalue weighted by atomic mass is 16.1. The first-order chi connectivity index (χ1) is 14.3. The molecule has 0 saturated carbocycles. The molecule has 1 atom stereocenters. The van der Waals surface area contributed by atoms with E-state index in [2.05, 4.69) is 16.4 Å². The summed E-state index contributed by atoms with van der Waals surface area (Å²) in [4.78, 5) is 16.6. The van der Waals surface area contributed by atoms with Crippen LogP contribution in [-0.4, -0.2) is 17.3 Å². The van der Waals surface area contributed by atoms with E-state index in [1.807, 2.05) is 78.9 Å². The Hall–Kier alpha value is -3.68. The summed E-state index contributed by atoms with van der Waals surface area (Å²) in [7, 11) is 0. The van der Waals surface area contributed by atoms with Gasteiger partial charge >= 0.3 is 0 Å². The van der Waals surface area contributed by atoms with Crippen LogP contribution in [0.3, 0.4) is 0 Å². The summed E-state index contributed by atoms with van der Waals surface area (Å²) >= 11 is 0. The summed E-state index contributed by atoms with van der Waals surface area (Å²) < 4.78 is 0. The van der Waals surface area contributed by atoms with Crippen molar-refractivity contribution in [2.24, 2.45) is 0 Å². The molecule has 0 aliphatic carbocycles. The number of nitrogens with zero attached hydrogens (tertiary/aromatic N) is 1. The Labute approximate surface area is 169 Å². The number of benzene rings is 3. The van der Waals surface area contributed by atoms with Gasteiger partial charge in [-0.1, -0.05) is 60.7 Å². The number of para-hydroxylation sites is 1. The molecule has 4 rings (SSSR count). The Kier molecular flexibility index (Phi) is 5.51. The van der Waals surface area contributed by atoms with E-state index < -0.39 is 6.04 Å². The zero-order chi connectivity index (χ0) is 20.1. The van der Waals surface area contributed by atoms with E-state index in [9.17, 15) is 4.79 Å². The molecular weight excluding hydrogens is 358 g/mol. The topological polar surface area (TPSA) is 68.7 Å². The predicted molar refractivity (Wildman–Crippen MR) is 115 cm³/mol. The van der Waals surface area contributed by atoms with Gasteiger partial charge in [-0.2, -0.15) is 5.26 Å². The van der Waals surface area contributed by atoms with E-state index >= 15 is 0 Å². The minimum Gasteiger partial charge on any atom is -0.360 e. The second kappa shape index (κ2) is 8.55. The van der Waals surface area contributed by atoms with Gasteiger partial charge in [-0.25, -0.2) is 0 Å². The van der Waals surface area contributed by atoms with Crippen LogP contribution in [0.2, 0.25) is 0 Å². The fourth-order valence-electron chi connectivity index (χ4n) is 3.55. The van der Waals surface area contributed by atoms with Gasteiger partial charge in [0.05, 0.1) is 17.7 Å². The Morgan fingerprint density at radius 1 is 0.966 bits per heavy atom. The van der Waals surface area contributed by atoms with Crippen molar-refractivity contribution in [2.75, 3.05) is 6.54 Å². The fraction of sp³-hybridized carbons (Fsp3) is 0.120. The van der Waals surface area contributed by atoms with Gasteiger partial charge in [-0.15, -0.1) is 0 Å². The van der Waals surface area contributed by atoms with Crippen molar-refractivity contribution < 1.29 is 4.79 Å². The van der Waals surface area contributed by atoms with Gasteiger partial charge < -0.3 is 10.3 Å². The highest BCUT2D eigenvalue weighted by Gasteiger charge is 2.23. The molecule has 3 aromatic carbocycles. The van der Waals surface area contributed by atoms with Crippen LogP contribution < -0.4 is 5.32 Å². The molecule has 4 nitrogen and oxygen atoms in total. The zero-order valence-corrected chi connectivity index (χ0v) is 15.9. The fourth-order valence-corrected chi connectivity index (χ4v) is 3.55. The number of Topliss-reactive ketones (excluding diaryl/α,β-unsaturated/α-hetero) is 1. The minimum absolute atomic E-state index is 0.0495. The van der Waals surface area contributed by atoms with Crippen molar-refractivity contribution in [3.63, 3.8) is 0 Å². The van der Waals surface area contributed by atoms with E-state index in [1.165, 1.54) is 0 Å². The number of aromatic nitrogens is 1. The number of rotatable bonds is 7. The van der Waals surface area contributed by atoms with Crippen molar-refractivity contribution >= 4 is 16.7 Å². The lowest BCUT2D eigenvalue weighted by atomic mass is 9.96. The Bertz CT molecular complexity index is 1150. The maximum absolute atomic E-state index is 13.4. The number of hydrogen-bond donors (Lipinski definition) is 2. The minimum atomic E-state index is -0.422. The van der Waals surface area contributed by atoms with Crippen LogP contribution >= 0.6 is 0 Å². The SMILES string of the molecule is N#Cc1ccc(CCN[C@@H](C(=O)c2c[nH]c3ccccc23)c2ccccc2)cc1. The second-order valence-corrected chi connectivity index (χ2v) is 6.97. The van der Waals surface area contributed by atoms with Crippen LogP contribution in [0.15, 0.2) is 85.1 Å². The molecule has 0 unspecified atom stereocenters. The van der Waals surface area contributed by atoms with E-state index in [0.717, 1.165) is 28.5 Å². The number of hydrogen-bond acceptors (Lipinski definition) is 3. The Morgan fingerprint density at radius 2 is 1.69 bits per heavy atom. The molecule has 0 fully saturated rings. The highest BCUT2D eigenvalue weighted by Crippen LogP contribution is 2.24. The Balaban J connectivity index is 1.55. The predicted octanol–water partition coefficient (Wildman–Crippen LogP) is 4.80. The van der Waals surface area contributed by atoms with Gasteiger partial charge in [-0.05, 0) is 35.7 Å². The lowest BCUT2D eigenvalue weighted by Crippen LogP contribution is -2.30. The highest BCUT2D eigenvalue weighted by molar-refractivity contribution is 6.10. The molecule has 142 valence electrons. The summed E-state index contributed by atoms with van der Waals surface area (Å²) in [5.74, 6) is 0.0495. The average Bonchev–Trinajstić information content (AvgIpc) is 3.21. The number of ketones is 1. The molecule has 0 radical (unpaired) electrons. The normalized spacial score (nSPS) is 11.8. The number of carbonyl (C=O) groups is 1. The van der Waals surface area contributed by atoms with Crippen LogP contribution in [0.1, 0.15) is 33.1 Å². The lowest BCUT2D eigenvalue weighted by molar-refractivity contribution is 0.0945. The van der Waals surface area contributed by atoms with Gasteiger partial charge in [-0.3, -0.25) is 4.79 Å². The summed E-state index contributed by atoms with van der Waals surface area (Å²) in [6.07, 6.45) is 2.57. The number of nitrogens with one attached hydrogen (secondary N) is 2. The van der Waals surface area contributed by atoms with Crippen molar-refractivity contribution in [2.45, 2.75) is 12.5 Å². The number of carbonyl (C=O) groups excluding carboxylic acids is 1. The third-order valence-corrected chi connectivity index (χ3v) is 5.09. The van der Waals surface area contributed by atoms with Crippen molar-refractivity contribution in [1.82, 2.24) is 10.3 Å². The number of H-pyrrole nitrogens is 1. The molecule has 0 spiro atoms.